The molecule has 0 saturated carbocycles. The van der Waals surface area contributed by atoms with E-state index >= 15 is 0 Å². The van der Waals surface area contributed by atoms with Crippen LogP contribution < -0.4 is 5.32 Å². The molecule has 0 aliphatic carbocycles. The number of hydrogen-bond acceptors (Lipinski definition) is 4. The summed E-state index contributed by atoms with van der Waals surface area (Å²) in [6.45, 7) is 0.162. The molecular weight excluding hydrogens is 371 g/mol. The van der Waals surface area contributed by atoms with E-state index in [4.69, 9.17) is 4.74 Å². The van der Waals surface area contributed by atoms with Gasteiger partial charge in [0.15, 0.2) is 5.13 Å². The molecule has 1 N–H and O–H groups in total. The lowest BCUT2D eigenvalue weighted by atomic mass is 10.2. The zero-order valence-corrected chi connectivity index (χ0v) is 13.6. The summed E-state index contributed by atoms with van der Waals surface area (Å²) in [5.41, 5.74) is 1.11. The van der Waals surface area contributed by atoms with E-state index in [2.05, 4.69) is 26.2 Å². The lowest BCUT2D eigenvalue weighted by molar-refractivity contribution is 0.155. The number of nitrogens with zero attached hydrogens (tertiary/aromatic N) is 1. The van der Waals surface area contributed by atoms with E-state index in [-0.39, 0.29) is 12.1 Å². The molecule has 0 atom stereocenters. The van der Waals surface area contributed by atoms with Crippen molar-refractivity contribution in [2.24, 2.45) is 0 Å². The number of benzene rings is 2. The van der Waals surface area contributed by atoms with E-state index < -0.39 is 11.9 Å². The third kappa shape index (κ3) is 3.26. The molecule has 0 aliphatic heterocycles. The van der Waals surface area contributed by atoms with Gasteiger partial charge < -0.3 is 4.74 Å². The normalized spacial score (nSPS) is 10.6. The van der Waals surface area contributed by atoms with Crippen molar-refractivity contribution < 1.29 is 13.9 Å². The smallest absolute Gasteiger partial charge is 0.413 e. The molecule has 112 valence electrons. The highest BCUT2D eigenvalue weighted by atomic mass is 79.9. The molecule has 0 fully saturated rings. The van der Waals surface area contributed by atoms with Crippen LogP contribution in [0.5, 0.6) is 0 Å². The maximum Gasteiger partial charge on any atom is 0.413 e. The predicted molar refractivity (Wildman–Crippen MR) is 87.5 cm³/mol. The van der Waals surface area contributed by atoms with Crippen molar-refractivity contribution in [3.63, 3.8) is 0 Å². The Labute approximate surface area is 138 Å². The zero-order valence-electron chi connectivity index (χ0n) is 11.2. The van der Waals surface area contributed by atoms with Gasteiger partial charge in [0.05, 0.1) is 4.70 Å². The van der Waals surface area contributed by atoms with Crippen LogP contribution in [0.25, 0.3) is 10.2 Å². The van der Waals surface area contributed by atoms with Gasteiger partial charge in [-0.2, -0.15) is 0 Å². The van der Waals surface area contributed by atoms with Crippen LogP contribution in [-0.4, -0.2) is 11.1 Å². The number of aromatic nitrogens is 1. The molecule has 0 spiro atoms. The maximum absolute atomic E-state index is 13.7. The van der Waals surface area contributed by atoms with Crippen molar-refractivity contribution >= 4 is 48.7 Å². The van der Waals surface area contributed by atoms with Crippen molar-refractivity contribution in [1.82, 2.24) is 4.98 Å². The molecule has 0 saturated heterocycles. The number of thiazole rings is 1. The number of amides is 1. The summed E-state index contributed by atoms with van der Waals surface area (Å²) in [6, 6.07) is 12.3. The van der Waals surface area contributed by atoms with E-state index in [1.807, 2.05) is 30.3 Å². The van der Waals surface area contributed by atoms with Crippen molar-refractivity contribution in [3.8, 4) is 0 Å². The summed E-state index contributed by atoms with van der Waals surface area (Å²) in [5.74, 6) is -0.430. The number of ether oxygens (including phenoxy) is 1. The Morgan fingerprint density at radius 1 is 1.27 bits per heavy atom. The molecule has 0 aliphatic rings. The molecule has 0 unspecified atom stereocenters. The highest BCUT2D eigenvalue weighted by Gasteiger charge is 2.13. The van der Waals surface area contributed by atoms with Gasteiger partial charge in [0.25, 0.3) is 0 Å². The quantitative estimate of drug-likeness (QED) is 0.699. The molecular formula is C15H10BrFN2O2S. The van der Waals surface area contributed by atoms with Crippen molar-refractivity contribution in [2.45, 2.75) is 6.61 Å². The third-order valence-corrected chi connectivity index (χ3v) is 4.80. The molecule has 1 heterocycles. The highest BCUT2D eigenvalue weighted by Crippen LogP contribution is 2.33. The highest BCUT2D eigenvalue weighted by molar-refractivity contribution is 9.10. The minimum Gasteiger partial charge on any atom is -0.444 e. The van der Waals surface area contributed by atoms with Gasteiger partial charge in [0, 0.05) is 4.47 Å². The van der Waals surface area contributed by atoms with E-state index in [1.165, 1.54) is 17.4 Å². The van der Waals surface area contributed by atoms with E-state index in [0.29, 0.717) is 9.83 Å². The average molecular weight is 381 g/mol. The number of carbonyl (C=O) groups excluding carboxylic acids is 1. The second kappa shape index (κ2) is 6.41. The largest absolute Gasteiger partial charge is 0.444 e. The first-order chi connectivity index (χ1) is 10.6. The van der Waals surface area contributed by atoms with Crippen LogP contribution in [-0.2, 0) is 11.3 Å². The fraction of sp³-hybridized carbons (Fsp3) is 0.0667. The topological polar surface area (TPSA) is 51.2 Å². The van der Waals surface area contributed by atoms with Gasteiger partial charge >= 0.3 is 6.09 Å². The van der Waals surface area contributed by atoms with Gasteiger partial charge in [-0.3, -0.25) is 5.32 Å². The number of nitrogens with one attached hydrogen (secondary N) is 1. The van der Waals surface area contributed by atoms with Gasteiger partial charge in [-0.05, 0) is 33.6 Å². The van der Waals surface area contributed by atoms with Crippen LogP contribution in [0.1, 0.15) is 5.56 Å². The SMILES string of the molecule is O=C(Nc1nc2c(F)ccc(Br)c2s1)OCc1ccccc1. The molecule has 3 rings (SSSR count). The summed E-state index contributed by atoms with van der Waals surface area (Å²) >= 11 is 4.51. The summed E-state index contributed by atoms with van der Waals surface area (Å²) in [6.07, 6.45) is -0.626. The first-order valence-corrected chi connectivity index (χ1v) is 7.96. The number of hydrogen-bond donors (Lipinski definition) is 1. The molecule has 1 aromatic heterocycles. The van der Waals surface area contributed by atoms with Crippen LogP contribution in [0.4, 0.5) is 14.3 Å². The molecule has 3 aromatic rings. The Balaban J connectivity index is 1.69. The number of carbonyl (C=O) groups is 1. The fourth-order valence-corrected chi connectivity index (χ4v) is 3.28. The van der Waals surface area contributed by atoms with Gasteiger partial charge in [0.2, 0.25) is 0 Å². The van der Waals surface area contributed by atoms with Gasteiger partial charge in [-0.25, -0.2) is 14.2 Å². The summed E-state index contributed by atoms with van der Waals surface area (Å²) in [5, 5.41) is 2.81. The monoisotopic (exact) mass is 380 g/mol. The number of fused-ring (bicyclic) bond motifs is 1. The van der Waals surface area contributed by atoms with E-state index in [9.17, 15) is 9.18 Å². The Hall–Kier alpha value is -1.99. The predicted octanol–water partition coefficient (Wildman–Crippen LogP) is 4.95. The second-order valence-corrected chi connectivity index (χ2v) is 6.27. The average Bonchev–Trinajstić information content (AvgIpc) is 2.95. The van der Waals surface area contributed by atoms with Crippen LogP contribution >= 0.6 is 27.3 Å². The van der Waals surface area contributed by atoms with Crippen molar-refractivity contribution in [1.29, 1.82) is 0 Å². The molecule has 22 heavy (non-hydrogen) atoms. The minimum atomic E-state index is -0.626. The Morgan fingerprint density at radius 3 is 2.77 bits per heavy atom. The molecule has 0 radical (unpaired) electrons. The van der Waals surface area contributed by atoms with Crippen LogP contribution in [0.3, 0.4) is 0 Å². The maximum atomic E-state index is 13.7. The summed E-state index contributed by atoms with van der Waals surface area (Å²) in [4.78, 5) is 15.8. The lowest BCUT2D eigenvalue weighted by Crippen LogP contribution is -2.13. The Morgan fingerprint density at radius 2 is 2.05 bits per heavy atom. The molecule has 7 heteroatoms. The molecule has 1 amide bonds. The van der Waals surface area contributed by atoms with Gasteiger partial charge in [-0.15, -0.1) is 0 Å². The fourth-order valence-electron chi connectivity index (χ4n) is 1.84. The number of halogens is 2. The van der Waals surface area contributed by atoms with Crippen molar-refractivity contribution in [2.75, 3.05) is 5.32 Å². The standard InChI is InChI=1S/C15H10BrFN2O2S/c16-10-6-7-11(17)12-13(10)22-14(18-12)19-15(20)21-8-9-4-2-1-3-5-9/h1-7H,8H2,(H,18,19,20). The van der Waals surface area contributed by atoms with Crippen LogP contribution in [0.15, 0.2) is 46.9 Å². The van der Waals surface area contributed by atoms with Crippen LogP contribution in [0, 0.1) is 5.82 Å². The lowest BCUT2D eigenvalue weighted by Gasteiger charge is -2.04. The zero-order chi connectivity index (χ0) is 15.5. The Bertz CT molecular complexity index is 784. The summed E-state index contributed by atoms with van der Waals surface area (Å²) < 4.78 is 20.1. The van der Waals surface area contributed by atoms with Gasteiger partial charge in [0.1, 0.15) is 17.9 Å². The van der Waals surface area contributed by atoms with Crippen molar-refractivity contribution in [3.05, 3.63) is 58.3 Å². The molecule has 2 aromatic carbocycles. The van der Waals surface area contributed by atoms with Gasteiger partial charge in [-0.1, -0.05) is 41.7 Å². The Kier molecular flexibility index (Phi) is 4.35. The molecule has 4 nitrogen and oxygen atoms in total. The third-order valence-electron chi connectivity index (χ3n) is 2.87. The number of anilines is 1. The second-order valence-electron chi connectivity index (χ2n) is 4.41. The first kappa shape index (κ1) is 14.9. The summed E-state index contributed by atoms with van der Waals surface area (Å²) in [7, 11) is 0. The minimum absolute atomic E-state index is 0.162. The van der Waals surface area contributed by atoms with E-state index in [1.54, 1.807) is 6.07 Å². The van der Waals surface area contributed by atoms with Crippen LogP contribution in [0.2, 0.25) is 0 Å². The van der Waals surface area contributed by atoms with E-state index in [0.717, 1.165) is 10.0 Å². The first-order valence-electron chi connectivity index (χ1n) is 6.36. The molecule has 0 bridgehead atoms. The number of rotatable bonds is 3.